The van der Waals surface area contributed by atoms with Gasteiger partial charge in [0.05, 0.1) is 24.2 Å². The Morgan fingerprint density at radius 2 is 2.00 bits per heavy atom. The summed E-state index contributed by atoms with van der Waals surface area (Å²) in [5, 5.41) is 4.08. The van der Waals surface area contributed by atoms with Gasteiger partial charge in [-0.1, -0.05) is 23.2 Å². The van der Waals surface area contributed by atoms with Gasteiger partial charge < -0.3 is 14.8 Å². The highest BCUT2D eigenvalue weighted by Gasteiger charge is 2.52. The van der Waals surface area contributed by atoms with Gasteiger partial charge in [0.25, 0.3) is 0 Å². The Hall–Kier alpha value is -1.46. The lowest BCUT2D eigenvalue weighted by Crippen LogP contribution is -2.47. The van der Waals surface area contributed by atoms with E-state index in [0.29, 0.717) is 53.7 Å². The summed E-state index contributed by atoms with van der Waals surface area (Å²) in [5.41, 5.74) is 0. The summed E-state index contributed by atoms with van der Waals surface area (Å²) in [4.78, 5) is 24.6. The van der Waals surface area contributed by atoms with Crippen molar-refractivity contribution in [3.05, 3.63) is 28.2 Å². The summed E-state index contributed by atoms with van der Waals surface area (Å²) in [6, 6.07) is 4.95. The van der Waals surface area contributed by atoms with Gasteiger partial charge in [0.2, 0.25) is 5.91 Å². The van der Waals surface area contributed by atoms with Gasteiger partial charge in [0, 0.05) is 17.5 Å². The molecule has 1 amide bonds. The molecule has 2 aliphatic rings. The number of amides is 1. The molecule has 0 aromatic heterocycles. The number of fused-ring (bicyclic) bond motifs is 2. The highest BCUT2D eigenvalue weighted by Crippen LogP contribution is 2.49. The molecule has 2 saturated carbocycles. The summed E-state index contributed by atoms with van der Waals surface area (Å²) in [5.74, 6) is 0.865. The number of hydrogen-bond acceptors (Lipinski definition) is 4. The SMILES string of the molecule is CCOC(=O)[C@H]1[C@H]2CC[C@@H](C2)[C@H]1NC(=O)CCCOc1ccc(Cl)cc1Cl. The molecular weight excluding hydrogens is 389 g/mol. The molecule has 1 aromatic rings. The van der Waals surface area contributed by atoms with Crippen molar-refractivity contribution in [1.29, 1.82) is 0 Å². The minimum Gasteiger partial charge on any atom is -0.492 e. The van der Waals surface area contributed by atoms with Crippen LogP contribution in [0.4, 0.5) is 0 Å². The number of nitrogens with one attached hydrogen (secondary N) is 1. The van der Waals surface area contributed by atoms with Crippen LogP contribution in [0.5, 0.6) is 5.75 Å². The Morgan fingerprint density at radius 3 is 2.74 bits per heavy atom. The number of halogens is 2. The quantitative estimate of drug-likeness (QED) is 0.510. The van der Waals surface area contributed by atoms with E-state index in [2.05, 4.69) is 5.32 Å². The van der Waals surface area contributed by atoms with Crippen molar-refractivity contribution in [2.24, 2.45) is 17.8 Å². The Balaban J connectivity index is 1.45. The fraction of sp³-hybridized carbons (Fsp3) is 0.600. The van der Waals surface area contributed by atoms with Crippen molar-refractivity contribution in [2.45, 2.75) is 45.1 Å². The molecule has 0 heterocycles. The molecular formula is C20H25Cl2NO4. The number of carbonyl (C=O) groups is 2. The topological polar surface area (TPSA) is 64.6 Å². The highest BCUT2D eigenvalue weighted by atomic mass is 35.5. The second-order valence-electron chi connectivity index (χ2n) is 7.23. The standard InChI is InChI=1S/C20H25Cl2NO4/c1-2-26-20(25)18-12-5-6-13(10-12)19(18)23-17(24)4-3-9-27-16-8-7-14(21)11-15(16)22/h7-8,11-13,18-19H,2-6,9-10H2,1H3,(H,23,24)/t12-,13-,18-,19+/m0/s1. The average Bonchev–Trinajstić information content (AvgIpc) is 3.22. The molecule has 4 atom stereocenters. The summed E-state index contributed by atoms with van der Waals surface area (Å²) in [7, 11) is 0. The van der Waals surface area contributed by atoms with Crippen LogP contribution in [0, 0.1) is 17.8 Å². The van der Waals surface area contributed by atoms with Gasteiger partial charge >= 0.3 is 5.97 Å². The van der Waals surface area contributed by atoms with E-state index in [9.17, 15) is 9.59 Å². The second kappa shape index (κ2) is 9.16. The summed E-state index contributed by atoms with van der Waals surface area (Å²) >= 11 is 11.9. The maximum absolute atomic E-state index is 12.4. The molecule has 2 fully saturated rings. The van der Waals surface area contributed by atoms with Crippen molar-refractivity contribution < 1.29 is 19.1 Å². The minimum absolute atomic E-state index is 0.0485. The molecule has 0 saturated heterocycles. The van der Waals surface area contributed by atoms with Crippen LogP contribution in [0.2, 0.25) is 10.0 Å². The van der Waals surface area contributed by atoms with Gasteiger partial charge in [-0.15, -0.1) is 0 Å². The maximum atomic E-state index is 12.4. The lowest BCUT2D eigenvalue weighted by Gasteiger charge is -2.30. The Bertz CT molecular complexity index is 697. The lowest BCUT2D eigenvalue weighted by molar-refractivity contribution is -0.151. The Morgan fingerprint density at radius 1 is 1.22 bits per heavy atom. The minimum atomic E-state index is -0.197. The monoisotopic (exact) mass is 413 g/mol. The fourth-order valence-corrected chi connectivity index (χ4v) is 4.80. The average molecular weight is 414 g/mol. The van der Waals surface area contributed by atoms with E-state index < -0.39 is 0 Å². The van der Waals surface area contributed by atoms with Crippen LogP contribution in [0.1, 0.15) is 39.0 Å². The molecule has 2 aliphatic carbocycles. The second-order valence-corrected chi connectivity index (χ2v) is 8.07. The first kappa shape index (κ1) is 20.3. The van der Waals surface area contributed by atoms with Gasteiger partial charge in [0.15, 0.2) is 0 Å². The van der Waals surface area contributed by atoms with E-state index in [1.54, 1.807) is 18.2 Å². The van der Waals surface area contributed by atoms with Crippen LogP contribution in [0.15, 0.2) is 18.2 Å². The molecule has 0 spiro atoms. The molecule has 1 N–H and O–H groups in total. The number of benzene rings is 1. The van der Waals surface area contributed by atoms with Crippen molar-refractivity contribution in [3.63, 3.8) is 0 Å². The predicted molar refractivity (Wildman–Crippen MR) is 104 cm³/mol. The molecule has 2 bridgehead atoms. The summed E-state index contributed by atoms with van der Waals surface area (Å²) in [6.45, 7) is 2.57. The number of carbonyl (C=O) groups excluding carboxylic acids is 2. The lowest BCUT2D eigenvalue weighted by atomic mass is 9.84. The summed E-state index contributed by atoms with van der Waals surface area (Å²) < 4.78 is 10.8. The molecule has 0 unspecified atom stereocenters. The molecule has 5 nitrogen and oxygen atoms in total. The third kappa shape index (κ3) is 4.88. The van der Waals surface area contributed by atoms with E-state index in [0.717, 1.165) is 19.3 Å². The normalized spacial score (nSPS) is 26.0. The molecule has 1 aromatic carbocycles. The van der Waals surface area contributed by atoms with Crippen molar-refractivity contribution in [1.82, 2.24) is 5.32 Å². The Kier molecular flexibility index (Phi) is 6.88. The van der Waals surface area contributed by atoms with Crippen molar-refractivity contribution in [2.75, 3.05) is 13.2 Å². The zero-order chi connectivity index (χ0) is 19.4. The largest absolute Gasteiger partial charge is 0.492 e. The van der Waals surface area contributed by atoms with Crippen LogP contribution in [0.3, 0.4) is 0 Å². The molecule has 27 heavy (non-hydrogen) atoms. The maximum Gasteiger partial charge on any atom is 0.311 e. The van der Waals surface area contributed by atoms with Crippen LogP contribution in [-0.4, -0.2) is 31.1 Å². The van der Waals surface area contributed by atoms with Gasteiger partial charge in [-0.05, 0) is 62.6 Å². The van der Waals surface area contributed by atoms with Gasteiger partial charge in [0.1, 0.15) is 5.75 Å². The van der Waals surface area contributed by atoms with Gasteiger partial charge in [-0.3, -0.25) is 9.59 Å². The molecule has 0 radical (unpaired) electrons. The first-order valence-corrected chi connectivity index (χ1v) is 10.3. The highest BCUT2D eigenvalue weighted by molar-refractivity contribution is 6.35. The van der Waals surface area contributed by atoms with Gasteiger partial charge in [-0.2, -0.15) is 0 Å². The van der Waals surface area contributed by atoms with E-state index in [1.807, 2.05) is 6.92 Å². The van der Waals surface area contributed by atoms with E-state index in [1.165, 1.54) is 0 Å². The predicted octanol–water partition coefficient (Wildman–Crippen LogP) is 4.25. The third-order valence-corrected chi connectivity index (χ3v) is 6.03. The molecule has 7 heteroatoms. The van der Waals surface area contributed by atoms with E-state index in [4.69, 9.17) is 32.7 Å². The first-order valence-electron chi connectivity index (χ1n) is 9.53. The molecule has 3 rings (SSSR count). The first-order chi connectivity index (χ1) is 13.0. The number of ether oxygens (including phenoxy) is 2. The zero-order valence-corrected chi connectivity index (χ0v) is 16.9. The van der Waals surface area contributed by atoms with Crippen LogP contribution < -0.4 is 10.1 Å². The third-order valence-electron chi connectivity index (χ3n) is 5.50. The molecule has 0 aliphatic heterocycles. The summed E-state index contributed by atoms with van der Waals surface area (Å²) in [6.07, 6.45) is 4.04. The van der Waals surface area contributed by atoms with Crippen LogP contribution in [-0.2, 0) is 14.3 Å². The van der Waals surface area contributed by atoms with Crippen LogP contribution in [0.25, 0.3) is 0 Å². The fourth-order valence-electron chi connectivity index (χ4n) is 4.34. The Labute approximate surface area is 169 Å². The number of esters is 1. The molecule has 148 valence electrons. The number of hydrogen-bond donors (Lipinski definition) is 1. The number of rotatable bonds is 8. The van der Waals surface area contributed by atoms with Crippen LogP contribution >= 0.6 is 23.2 Å². The van der Waals surface area contributed by atoms with Gasteiger partial charge in [-0.25, -0.2) is 0 Å². The van der Waals surface area contributed by atoms with E-state index >= 15 is 0 Å². The smallest absolute Gasteiger partial charge is 0.311 e. The zero-order valence-electron chi connectivity index (χ0n) is 15.4. The van der Waals surface area contributed by atoms with Crippen molar-refractivity contribution >= 4 is 35.1 Å². The van der Waals surface area contributed by atoms with E-state index in [-0.39, 0.29) is 23.8 Å². The van der Waals surface area contributed by atoms with Crippen molar-refractivity contribution in [3.8, 4) is 5.75 Å².